The van der Waals surface area contributed by atoms with E-state index in [0.717, 1.165) is 10.8 Å². The maximum absolute atomic E-state index is 12.4. The molecule has 0 radical (unpaired) electrons. The van der Waals surface area contributed by atoms with Gasteiger partial charge in [-0.05, 0) is 41.1 Å². The molecule has 7 nitrogen and oxygen atoms in total. The summed E-state index contributed by atoms with van der Waals surface area (Å²) >= 11 is 6.18. The van der Waals surface area contributed by atoms with Crippen molar-refractivity contribution in [2.24, 2.45) is 0 Å². The molecule has 0 aliphatic heterocycles. The highest BCUT2D eigenvalue weighted by atomic mass is 35.5. The lowest BCUT2D eigenvalue weighted by molar-refractivity contribution is -0.116. The van der Waals surface area contributed by atoms with Crippen molar-refractivity contribution >= 4 is 45.8 Å². The van der Waals surface area contributed by atoms with E-state index in [-0.39, 0.29) is 35.7 Å². The van der Waals surface area contributed by atoms with Gasteiger partial charge in [0.2, 0.25) is 5.91 Å². The second-order valence-electron chi connectivity index (χ2n) is 7.06. The lowest BCUT2D eigenvalue weighted by Crippen LogP contribution is -2.28. The van der Waals surface area contributed by atoms with Crippen LogP contribution in [0.15, 0.2) is 60.7 Å². The number of rotatable bonds is 9. The van der Waals surface area contributed by atoms with Crippen LogP contribution in [0.25, 0.3) is 10.8 Å². The highest BCUT2D eigenvalue weighted by Crippen LogP contribution is 2.21. The topological polar surface area (TPSA) is 96.5 Å². The fourth-order valence-electron chi connectivity index (χ4n) is 3.08. The molecule has 0 saturated heterocycles. The van der Waals surface area contributed by atoms with E-state index >= 15 is 0 Å². The van der Waals surface area contributed by atoms with Crippen molar-refractivity contribution in [2.45, 2.75) is 6.42 Å². The summed E-state index contributed by atoms with van der Waals surface area (Å²) in [6, 6.07) is 17.9. The van der Waals surface area contributed by atoms with Crippen LogP contribution in [-0.2, 0) is 9.53 Å². The molecule has 166 valence electrons. The van der Waals surface area contributed by atoms with Gasteiger partial charge < -0.3 is 20.7 Å². The zero-order chi connectivity index (χ0) is 22.9. The number of halogens is 1. The Labute approximate surface area is 191 Å². The largest absolute Gasteiger partial charge is 0.383 e. The number of anilines is 1. The second-order valence-corrected chi connectivity index (χ2v) is 7.47. The van der Waals surface area contributed by atoms with Gasteiger partial charge in [-0.3, -0.25) is 14.4 Å². The van der Waals surface area contributed by atoms with Gasteiger partial charge in [-0.15, -0.1) is 0 Å². The van der Waals surface area contributed by atoms with Crippen LogP contribution in [0.1, 0.15) is 27.1 Å². The first-order chi connectivity index (χ1) is 15.5. The van der Waals surface area contributed by atoms with Crippen molar-refractivity contribution in [1.29, 1.82) is 0 Å². The summed E-state index contributed by atoms with van der Waals surface area (Å²) in [5.74, 6) is -0.839. The molecular formula is C24H24ClN3O4. The van der Waals surface area contributed by atoms with Crippen molar-refractivity contribution in [3.8, 4) is 0 Å². The smallest absolute Gasteiger partial charge is 0.252 e. The van der Waals surface area contributed by atoms with Crippen molar-refractivity contribution < 1.29 is 19.1 Å². The minimum Gasteiger partial charge on any atom is -0.383 e. The van der Waals surface area contributed by atoms with Crippen molar-refractivity contribution in [3.05, 3.63) is 76.8 Å². The third kappa shape index (κ3) is 6.29. The summed E-state index contributed by atoms with van der Waals surface area (Å²) < 4.78 is 4.89. The molecule has 0 aliphatic rings. The molecule has 0 atom stereocenters. The minimum absolute atomic E-state index is 0.0934. The number of ether oxygens (including phenoxy) is 1. The van der Waals surface area contributed by atoms with Crippen LogP contribution in [0.2, 0.25) is 5.02 Å². The molecule has 8 heteroatoms. The maximum atomic E-state index is 12.4. The number of carbonyl (C=O) groups is 3. The fourth-order valence-corrected chi connectivity index (χ4v) is 3.35. The number of amides is 3. The molecule has 0 unspecified atom stereocenters. The lowest BCUT2D eigenvalue weighted by atomic mass is 10.1. The van der Waals surface area contributed by atoms with E-state index in [1.54, 1.807) is 25.3 Å². The number of hydrogen-bond donors (Lipinski definition) is 3. The average Bonchev–Trinajstić information content (AvgIpc) is 2.78. The Morgan fingerprint density at radius 2 is 1.62 bits per heavy atom. The Kier molecular flexibility index (Phi) is 8.19. The number of methoxy groups -OCH3 is 1. The summed E-state index contributed by atoms with van der Waals surface area (Å²) in [7, 11) is 1.55. The first-order valence-corrected chi connectivity index (χ1v) is 10.5. The van der Waals surface area contributed by atoms with Gasteiger partial charge in [0.05, 0.1) is 17.2 Å². The van der Waals surface area contributed by atoms with Gasteiger partial charge in [0.15, 0.2) is 0 Å². The van der Waals surface area contributed by atoms with E-state index in [0.29, 0.717) is 30.0 Å². The number of nitrogens with one attached hydrogen (secondary N) is 3. The van der Waals surface area contributed by atoms with Crippen LogP contribution in [0.5, 0.6) is 0 Å². The molecular weight excluding hydrogens is 430 g/mol. The van der Waals surface area contributed by atoms with E-state index in [1.807, 2.05) is 36.4 Å². The third-order valence-corrected chi connectivity index (χ3v) is 5.05. The number of fused-ring (bicyclic) bond motifs is 1. The highest BCUT2D eigenvalue weighted by molar-refractivity contribution is 6.34. The highest BCUT2D eigenvalue weighted by Gasteiger charge is 2.12. The Morgan fingerprint density at radius 3 is 2.38 bits per heavy atom. The summed E-state index contributed by atoms with van der Waals surface area (Å²) in [5.41, 5.74) is 1.31. The molecule has 3 aromatic carbocycles. The number of benzene rings is 3. The van der Waals surface area contributed by atoms with Gasteiger partial charge in [0.1, 0.15) is 0 Å². The fraction of sp³-hybridized carbons (Fsp3) is 0.208. The molecule has 0 saturated carbocycles. The zero-order valence-electron chi connectivity index (χ0n) is 17.6. The number of carbonyl (C=O) groups excluding carboxylic acids is 3. The number of hydrogen-bond acceptors (Lipinski definition) is 4. The molecule has 0 heterocycles. The molecule has 0 aliphatic carbocycles. The Hall–Kier alpha value is -3.42. The van der Waals surface area contributed by atoms with E-state index in [4.69, 9.17) is 16.3 Å². The van der Waals surface area contributed by atoms with Crippen molar-refractivity contribution in [2.75, 3.05) is 32.1 Å². The second kappa shape index (κ2) is 11.3. The third-order valence-electron chi connectivity index (χ3n) is 4.74. The summed E-state index contributed by atoms with van der Waals surface area (Å²) in [4.78, 5) is 36.7. The Morgan fingerprint density at radius 1 is 0.875 bits per heavy atom. The maximum Gasteiger partial charge on any atom is 0.252 e. The van der Waals surface area contributed by atoms with Gasteiger partial charge in [-0.1, -0.05) is 41.9 Å². The van der Waals surface area contributed by atoms with Gasteiger partial charge in [-0.25, -0.2) is 0 Å². The zero-order valence-corrected chi connectivity index (χ0v) is 18.4. The first kappa shape index (κ1) is 23.2. The predicted octanol–water partition coefficient (Wildman–Crippen LogP) is 3.63. The van der Waals surface area contributed by atoms with Crippen LogP contribution >= 0.6 is 11.6 Å². The lowest BCUT2D eigenvalue weighted by Gasteiger charge is -2.10. The summed E-state index contributed by atoms with van der Waals surface area (Å²) in [6.45, 7) is 0.954. The van der Waals surface area contributed by atoms with Gasteiger partial charge >= 0.3 is 0 Å². The molecule has 3 aromatic rings. The predicted molar refractivity (Wildman–Crippen MR) is 125 cm³/mol. The van der Waals surface area contributed by atoms with Gasteiger partial charge in [-0.2, -0.15) is 0 Å². The standard InChI is InChI=1S/C24H24ClN3O4/c1-32-13-12-27-24(31)20-9-8-19(15-21(20)25)28-22(29)10-11-26-23(30)18-7-6-16-4-2-3-5-17(16)14-18/h2-9,14-15H,10-13H2,1H3,(H,26,30)(H,27,31)(H,28,29). The van der Waals surface area contributed by atoms with Gasteiger partial charge in [0.25, 0.3) is 11.8 Å². The van der Waals surface area contributed by atoms with E-state index in [1.165, 1.54) is 6.07 Å². The van der Waals surface area contributed by atoms with Crippen molar-refractivity contribution in [3.63, 3.8) is 0 Å². The molecule has 3 amide bonds. The van der Waals surface area contributed by atoms with Gasteiger partial charge in [0, 0.05) is 37.9 Å². The van der Waals surface area contributed by atoms with Crippen LogP contribution < -0.4 is 16.0 Å². The Balaban J connectivity index is 1.48. The first-order valence-electron chi connectivity index (χ1n) is 10.1. The molecule has 0 fully saturated rings. The van der Waals surface area contributed by atoms with Crippen LogP contribution in [0.3, 0.4) is 0 Å². The summed E-state index contributed by atoms with van der Waals surface area (Å²) in [6.07, 6.45) is 0.0934. The van der Waals surface area contributed by atoms with Crippen LogP contribution in [0.4, 0.5) is 5.69 Å². The molecule has 3 rings (SSSR count). The van der Waals surface area contributed by atoms with Crippen LogP contribution in [0, 0.1) is 0 Å². The van der Waals surface area contributed by atoms with E-state index in [2.05, 4.69) is 16.0 Å². The molecule has 3 N–H and O–H groups in total. The van der Waals surface area contributed by atoms with Crippen LogP contribution in [-0.4, -0.2) is 44.5 Å². The quantitative estimate of drug-likeness (QED) is 0.431. The van der Waals surface area contributed by atoms with Crippen molar-refractivity contribution in [1.82, 2.24) is 10.6 Å². The van der Waals surface area contributed by atoms with E-state index in [9.17, 15) is 14.4 Å². The summed E-state index contributed by atoms with van der Waals surface area (Å²) in [5, 5.41) is 10.4. The SMILES string of the molecule is COCCNC(=O)c1ccc(NC(=O)CCNC(=O)c2ccc3ccccc3c2)cc1Cl. The molecule has 32 heavy (non-hydrogen) atoms. The Bertz CT molecular complexity index is 1130. The minimum atomic E-state index is -0.318. The molecule has 0 aromatic heterocycles. The monoisotopic (exact) mass is 453 g/mol. The normalized spacial score (nSPS) is 10.6. The van der Waals surface area contributed by atoms with E-state index < -0.39 is 0 Å². The average molecular weight is 454 g/mol. The molecule has 0 bridgehead atoms. The molecule has 0 spiro atoms.